The lowest BCUT2D eigenvalue weighted by Gasteiger charge is -2.14. The first-order valence-corrected chi connectivity index (χ1v) is 7.49. The molecule has 0 aliphatic rings. The van der Waals surface area contributed by atoms with Crippen LogP contribution in [0.25, 0.3) is 5.69 Å². The van der Waals surface area contributed by atoms with Gasteiger partial charge < -0.3 is 11.1 Å². The van der Waals surface area contributed by atoms with Crippen molar-refractivity contribution in [3.8, 4) is 5.69 Å². The van der Waals surface area contributed by atoms with E-state index in [0.717, 1.165) is 5.75 Å². The van der Waals surface area contributed by atoms with Gasteiger partial charge in [-0.3, -0.25) is 4.79 Å². The van der Waals surface area contributed by atoms with Crippen molar-refractivity contribution in [3.05, 3.63) is 30.6 Å². The maximum atomic E-state index is 12.0. The molecule has 0 spiro atoms. The Bertz CT molecular complexity index is 559. The molecule has 1 atom stereocenters. The van der Waals surface area contributed by atoms with Gasteiger partial charge in [0.05, 0.1) is 17.4 Å². The first-order chi connectivity index (χ1) is 9.72. The highest BCUT2D eigenvalue weighted by Gasteiger charge is 2.15. The summed E-state index contributed by atoms with van der Waals surface area (Å²) in [6, 6.07) is 6.76. The molecule has 20 heavy (non-hydrogen) atoms. The standard InChI is InChI=1S/C12H16N6OS/c1-20-7-6-9(13)12(19)15-10-4-2-3-5-11(10)18-8-14-16-17-18/h2-5,8-9H,6-7,13H2,1H3,(H,15,19)/t9-/m1/s1. The summed E-state index contributed by atoms with van der Waals surface area (Å²) in [7, 11) is 0. The number of amides is 1. The molecule has 2 rings (SSSR count). The van der Waals surface area contributed by atoms with Crippen molar-refractivity contribution in [2.24, 2.45) is 5.73 Å². The number of aromatic nitrogens is 4. The number of rotatable bonds is 6. The third-order valence-electron chi connectivity index (χ3n) is 2.73. The molecule has 0 fully saturated rings. The molecule has 0 saturated heterocycles. The van der Waals surface area contributed by atoms with Gasteiger partial charge in [-0.1, -0.05) is 12.1 Å². The van der Waals surface area contributed by atoms with E-state index in [1.807, 2.05) is 24.5 Å². The van der Waals surface area contributed by atoms with E-state index in [0.29, 0.717) is 17.8 Å². The minimum atomic E-state index is -0.524. The lowest BCUT2D eigenvalue weighted by atomic mass is 10.2. The summed E-state index contributed by atoms with van der Waals surface area (Å²) < 4.78 is 1.49. The minimum absolute atomic E-state index is 0.209. The monoisotopic (exact) mass is 292 g/mol. The van der Waals surface area contributed by atoms with Gasteiger partial charge in [0, 0.05) is 0 Å². The van der Waals surface area contributed by atoms with Gasteiger partial charge in [0.25, 0.3) is 0 Å². The van der Waals surface area contributed by atoms with E-state index in [2.05, 4.69) is 20.8 Å². The van der Waals surface area contributed by atoms with Crippen LogP contribution in [0.15, 0.2) is 30.6 Å². The number of anilines is 1. The predicted octanol–water partition coefficient (Wildman–Crippen LogP) is 0.681. The SMILES string of the molecule is CSCC[C@@H](N)C(=O)Nc1ccccc1-n1cnnn1. The third-order valence-corrected chi connectivity index (χ3v) is 3.37. The number of hydrogen-bond donors (Lipinski definition) is 2. The highest BCUT2D eigenvalue weighted by Crippen LogP contribution is 2.18. The maximum absolute atomic E-state index is 12.0. The molecule has 1 heterocycles. The van der Waals surface area contributed by atoms with Crippen LogP contribution in [-0.4, -0.2) is 44.2 Å². The van der Waals surface area contributed by atoms with Crippen LogP contribution >= 0.6 is 11.8 Å². The molecule has 1 aromatic carbocycles. The molecule has 7 nitrogen and oxygen atoms in total. The number of nitrogens with two attached hydrogens (primary N) is 1. The highest BCUT2D eigenvalue weighted by molar-refractivity contribution is 7.98. The second-order valence-electron chi connectivity index (χ2n) is 4.15. The molecule has 2 aromatic rings. The van der Waals surface area contributed by atoms with E-state index in [1.165, 1.54) is 11.0 Å². The van der Waals surface area contributed by atoms with E-state index in [-0.39, 0.29) is 5.91 Å². The van der Waals surface area contributed by atoms with Gasteiger partial charge in [-0.25, -0.2) is 0 Å². The summed E-state index contributed by atoms with van der Waals surface area (Å²) in [6.45, 7) is 0. The first kappa shape index (κ1) is 14.5. The summed E-state index contributed by atoms with van der Waals surface area (Å²) in [5.74, 6) is 0.642. The van der Waals surface area contributed by atoms with Gasteiger partial charge >= 0.3 is 0 Å². The Morgan fingerprint density at radius 3 is 3.00 bits per heavy atom. The molecular formula is C12H16N6OS. The van der Waals surface area contributed by atoms with Crippen molar-refractivity contribution in [1.29, 1.82) is 0 Å². The van der Waals surface area contributed by atoms with Gasteiger partial charge in [0.15, 0.2) is 0 Å². The average Bonchev–Trinajstić information content (AvgIpc) is 2.99. The number of para-hydroxylation sites is 2. The highest BCUT2D eigenvalue weighted by atomic mass is 32.2. The molecule has 1 amide bonds. The van der Waals surface area contributed by atoms with Crippen LogP contribution in [0, 0.1) is 0 Å². The Morgan fingerprint density at radius 2 is 2.30 bits per heavy atom. The molecule has 0 unspecified atom stereocenters. The number of hydrogen-bond acceptors (Lipinski definition) is 6. The topological polar surface area (TPSA) is 98.7 Å². The Labute approximate surface area is 120 Å². The number of benzene rings is 1. The second-order valence-corrected chi connectivity index (χ2v) is 5.13. The molecule has 1 aromatic heterocycles. The fraction of sp³-hybridized carbons (Fsp3) is 0.333. The summed E-state index contributed by atoms with van der Waals surface area (Å²) in [5.41, 5.74) is 7.17. The second kappa shape index (κ2) is 7.01. The van der Waals surface area contributed by atoms with Crippen molar-refractivity contribution in [2.45, 2.75) is 12.5 Å². The van der Waals surface area contributed by atoms with E-state index in [4.69, 9.17) is 5.73 Å². The molecule has 106 valence electrons. The number of nitrogens with one attached hydrogen (secondary N) is 1. The van der Waals surface area contributed by atoms with Crippen molar-refractivity contribution < 1.29 is 4.79 Å². The summed E-state index contributed by atoms with van der Waals surface area (Å²) in [4.78, 5) is 12.0. The van der Waals surface area contributed by atoms with Crippen LogP contribution in [0.1, 0.15) is 6.42 Å². The van der Waals surface area contributed by atoms with Gasteiger partial charge in [-0.2, -0.15) is 16.4 Å². The zero-order valence-corrected chi connectivity index (χ0v) is 11.9. The van der Waals surface area contributed by atoms with Gasteiger partial charge in [0.1, 0.15) is 6.33 Å². The number of nitrogens with zero attached hydrogens (tertiary/aromatic N) is 4. The van der Waals surface area contributed by atoms with Crippen LogP contribution in [0.4, 0.5) is 5.69 Å². The fourth-order valence-electron chi connectivity index (χ4n) is 1.65. The number of carbonyl (C=O) groups is 1. The van der Waals surface area contributed by atoms with E-state index < -0.39 is 6.04 Å². The molecule has 0 bridgehead atoms. The van der Waals surface area contributed by atoms with Gasteiger partial charge in [0.2, 0.25) is 5.91 Å². The Kier molecular flexibility index (Phi) is 5.08. The van der Waals surface area contributed by atoms with Crippen LogP contribution in [0.3, 0.4) is 0 Å². The largest absolute Gasteiger partial charge is 0.323 e. The van der Waals surface area contributed by atoms with E-state index >= 15 is 0 Å². The van der Waals surface area contributed by atoms with E-state index in [1.54, 1.807) is 17.8 Å². The third kappa shape index (κ3) is 3.55. The summed E-state index contributed by atoms with van der Waals surface area (Å²) in [5, 5.41) is 13.8. The first-order valence-electron chi connectivity index (χ1n) is 6.10. The molecule has 3 N–H and O–H groups in total. The summed E-state index contributed by atoms with van der Waals surface area (Å²) >= 11 is 1.66. The van der Waals surface area contributed by atoms with Gasteiger partial charge in [-0.15, -0.1) is 5.10 Å². The lowest BCUT2D eigenvalue weighted by molar-refractivity contribution is -0.117. The van der Waals surface area contributed by atoms with Crippen LogP contribution in [0.2, 0.25) is 0 Å². The molecule has 0 radical (unpaired) electrons. The predicted molar refractivity (Wildman–Crippen MR) is 78.8 cm³/mol. The molecule has 0 saturated carbocycles. The zero-order chi connectivity index (χ0) is 14.4. The average molecular weight is 292 g/mol. The quantitative estimate of drug-likeness (QED) is 0.812. The Balaban J connectivity index is 2.12. The molecule has 0 aliphatic heterocycles. The molecular weight excluding hydrogens is 276 g/mol. The zero-order valence-electron chi connectivity index (χ0n) is 11.1. The molecule has 8 heteroatoms. The van der Waals surface area contributed by atoms with Crippen molar-refractivity contribution >= 4 is 23.4 Å². The van der Waals surface area contributed by atoms with Gasteiger partial charge in [-0.05, 0) is 41.0 Å². The van der Waals surface area contributed by atoms with Crippen molar-refractivity contribution in [3.63, 3.8) is 0 Å². The summed E-state index contributed by atoms with van der Waals surface area (Å²) in [6.07, 6.45) is 4.09. The normalized spacial score (nSPS) is 12.1. The number of thioether (sulfide) groups is 1. The van der Waals surface area contributed by atoms with Crippen LogP contribution in [-0.2, 0) is 4.79 Å². The lowest BCUT2D eigenvalue weighted by Crippen LogP contribution is -2.36. The number of tetrazole rings is 1. The van der Waals surface area contributed by atoms with Crippen molar-refractivity contribution in [2.75, 3.05) is 17.3 Å². The smallest absolute Gasteiger partial charge is 0.241 e. The van der Waals surface area contributed by atoms with Crippen molar-refractivity contribution in [1.82, 2.24) is 20.2 Å². The fourth-order valence-corrected chi connectivity index (χ4v) is 2.14. The van der Waals surface area contributed by atoms with Crippen LogP contribution < -0.4 is 11.1 Å². The van der Waals surface area contributed by atoms with Crippen LogP contribution in [0.5, 0.6) is 0 Å². The Hall–Kier alpha value is -1.93. The van der Waals surface area contributed by atoms with E-state index in [9.17, 15) is 4.79 Å². The molecule has 0 aliphatic carbocycles. The Morgan fingerprint density at radius 1 is 1.50 bits per heavy atom. The maximum Gasteiger partial charge on any atom is 0.241 e. The minimum Gasteiger partial charge on any atom is -0.323 e. The number of carbonyl (C=O) groups excluding carboxylic acids is 1.